The summed E-state index contributed by atoms with van der Waals surface area (Å²) in [5.41, 5.74) is 7.54. The summed E-state index contributed by atoms with van der Waals surface area (Å²) in [6.45, 7) is 6.14. The van der Waals surface area contributed by atoms with Gasteiger partial charge in [0, 0.05) is 10.7 Å². The van der Waals surface area contributed by atoms with E-state index >= 15 is 0 Å². The van der Waals surface area contributed by atoms with Crippen molar-refractivity contribution in [1.82, 2.24) is 0 Å². The largest absolute Gasteiger partial charge is 0.494 e. The predicted octanol–water partition coefficient (Wildman–Crippen LogP) is 13.8. The molecular formula is C40H56Br2O2. The molecule has 0 aromatic heterocycles. The SMILES string of the molecule is CCCCCCCCCCOc1ccc(-c2cc(CBr)c(-c3ccc(OCCCCCCCCCC)cc3)cc2CBr)cc1. The third-order valence-electron chi connectivity index (χ3n) is 8.48. The zero-order valence-electron chi connectivity index (χ0n) is 27.5. The van der Waals surface area contributed by atoms with Crippen LogP contribution < -0.4 is 9.47 Å². The Kier molecular flexibility index (Phi) is 18.9. The Morgan fingerprint density at radius 3 is 1.07 bits per heavy atom. The van der Waals surface area contributed by atoms with Crippen LogP contribution in [-0.2, 0) is 10.7 Å². The van der Waals surface area contributed by atoms with Gasteiger partial charge in [-0.3, -0.25) is 0 Å². The minimum absolute atomic E-state index is 0.798. The Bertz CT molecular complexity index is 1060. The lowest BCUT2D eigenvalue weighted by Gasteiger charge is -2.16. The number of hydrogen-bond donors (Lipinski definition) is 0. The van der Waals surface area contributed by atoms with Crippen LogP contribution in [0.15, 0.2) is 60.7 Å². The third-order valence-corrected chi connectivity index (χ3v) is 9.69. The molecule has 0 unspecified atom stereocenters. The standard InChI is InChI=1S/C40H56Br2O2/c1-3-5-7-9-11-13-15-17-27-43-37-23-19-33(20-24-37)39-29-36(32-42)40(30-35(39)31-41)34-21-25-38(26-22-34)44-28-18-16-14-12-10-8-6-4-2/h19-26,29-30H,3-18,27-28,31-32H2,1-2H3. The second-order valence-electron chi connectivity index (χ2n) is 12.1. The highest BCUT2D eigenvalue weighted by atomic mass is 79.9. The summed E-state index contributed by atoms with van der Waals surface area (Å²) in [6, 6.07) is 21.9. The molecule has 0 radical (unpaired) electrons. The lowest BCUT2D eigenvalue weighted by atomic mass is 9.92. The third kappa shape index (κ3) is 13.3. The lowest BCUT2D eigenvalue weighted by molar-refractivity contribution is 0.304. The van der Waals surface area contributed by atoms with E-state index in [1.165, 1.54) is 123 Å². The fourth-order valence-electron chi connectivity index (χ4n) is 5.76. The van der Waals surface area contributed by atoms with Gasteiger partial charge in [-0.2, -0.15) is 0 Å². The molecule has 0 atom stereocenters. The molecule has 3 aromatic rings. The van der Waals surface area contributed by atoms with Gasteiger partial charge in [0.25, 0.3) is 0 Å². The van der Waals surface area contributed by atoms with Gasteiger partial charge in [0.1, 0.15) is 11.5 Å². The van der Waals surface area contributed by atoms with Crippen molar-refractivity contribution in [2.45, 2.75) is 127 Å². The second-order valence-corrected chi connectivity index (χ2v) is 13.3. The van der Waals surface area contributed by atoms with Crippen LogP contribution in [0.1, 0.15) is 128 Å². The minimum Gasteiger partial charge on any atom is -0.494 e. The van der Waals surface area contributed by atoms with Crippen LogP contribution in [-0.4, -0.2) is 13.2 Å². The topological polar surface area (TPSA) is 18.5 Å². The van der Waals surface area contributed by atoms with Gasteiger partial charge in [-0.05, 0) is 82.6 Å². The highest BCUT2D eigenvalue weighted by molar-refractivity contribution is 9.08. The number of alkyl halides is 2. The average Bonchev–Trinajstić information content (AvgIpc) is 3.06. The first-order valence-corrected chi connectivity index (χ1v) is 19.7. The van der Waals surface area contributed by atoms with E-state index in [1.807, 2.05) is 0 Å². The monoisotopic (exact) mass is 726 g/mol. The fourth-order valence-corrected chi connectivity index (χ4v) is 6.69. The van der Waals surface area contributed by atoms with Crippen LogP contribution in [0.5, 0.6) is 11.5 Å². The van der Waals surface area contributed by atoms with E-state index in [1.54, 1.807) is 0 Å². The average molecular weight is 729 g/mol. The van der Waals surface area contributed by atoms with Gasteiger partial charge in [0.05, 0.1) is 13.2 Å². The van der Waals surface area contributed by atoms with Gasteiger partial charge >= 0.3 is 0 Å². The maximum Gasteiger partial charge on any atom is 0.119 e. The molecular weight excluding hydrogens is 672 g/mol. The summed E-state index contributed by atoms with van der Waals surface area (Å²) in [4.78, 5) is 0. The molecule has 3 rings (SSSR count). The van der Waals surface area contributed by atoms with Crippen molar-refractivity contribution in [1.29, 1.82) is 0 Å². The molecule has 0 aliphatic rings. The fraction of sp³-hybridized carbons (Fsp3) is 0.550. The van der Waals surface area contributed by atoms with Crippen LogP contribution in [0.3, 0.4) is 0 Å². The van der Waals surface area contributed by atoms with E-state index in [4.69, 9.17) is 9.47 Å². The summed E-state index contributed by atoms with van der Waals surface area (Å²) in [7, 11) is 0. The highest BCUT2D eigenvalue weighted by Crippen LogP contribution is 2.36. The van der Waals surface area contributed by atoms with Gasteiger partial charge in [-0.1, -0.05) is 160 Å². The second kappa shape index (κ2) is 22.7. The zero-order valence-corrected chi connectivity index (χ0v) is 30.7. The first-order chi connectivity index (χ1) is 21.7. The van der Waals surface area contributed by atoms with E-state index in [2.05, 4.69) is 106 Å². The molecule has 3 aromatic carbocycles. The quantitative estimate of drug-likeness (QED) is 0.0675. The number of unbranched alkanes of at least 4 members (excludes halogenated alkanes) is 14. The first-order valence-electron chi connectivity index (χ1n) is 17.4. The molecule has 0 amide bonds. The van der Waals surface area contributed by atoms with E-state index in [-0.39, 0.29) is 0 Å². The molecule has 0 N–H and O–H groups in total. The van der Waals surface area contributed by atoms with Crippen molar-refractivity contribution in [2.75, 3.05) is 13.2 Å². The van der Waals surface area contributed by atoms with E-state index in [9.17, 15) is 0 Å². The maximum absolute atomic E-state index is 6.06. The molecule has 0 spiro atoms. The first kappa shape index (κ1) is 36.7. The van der Waals surface area contributed by atoms with E-state index in [0.29, 0.717) is 0 Å². The Hall–Kier alpha value is -1.78. The highest BCUT2D eigenvalue weighted by Gasteiger charge is 2.13. The predicted molar refractivity (Wildman–Crippen MR) is 199 cm³/mol. The molecule has 2 nitrogen and oxygen atoms in total. The number of ether oxygens (including phenoxy) is 2. The normalized spacial score (nSPS) is 11.2. The Labute approximate surface area is 286 Å². The zero-order chi connectivity index (χ0) is 31.2. The van der Waals surface area contributed by atoms with E-state index < -0.39 is 0 Å². The minimum atomic E-state index is 0.798. The molecule has 0 heterocycles. The molecule has 0 bridgehead atoms. The van der Waals surface area contributed by atoms with Crippen LogP contribution in [0, 0.1) is 0 Å². The van der Waals surface area contributed by atoms with Gasteiger partial charge < -0.3 is 9.47 Å². The number of benzene rings is 3. The lowest BCUT2D eigenvalue weighted by Crippen LogP contribution is -1.98. The van der Waals surface area contributed by atoms with Crippen molar-refractivity contribution in [2.24, 2.45) is 0 Å². The molecule has 0 aliphatic carbocycles. The van der Waals surface area contributed by atoms with Crippen molar-refractivity contribution in [3.8, 4) is 33.8 Å². The van der Waals surface area contributed by atoms with Crippen LogP contribution in [0.25, 0.3) is 22.3 Å². The Balaban J connectivity index is 1.51. The molecule has 242 valence electrons. The number of halogens is 2. The Morgan fingerprint density at radius 2 is 0.750 bits per heavy atom. The summed E-state index contributed by atoms with van der Waals surface area (Å²) in [6.07, 6.45) is 21.1. The van der Waals surface area contributed by atoms with E-state index in [0.717, 1.165) is 48.2 Å². The summed E-state index contributed by atoms with van der Waals surface area (Å²) >= 11 is 7.52. The Morgan fingerprint density at radius 1 is 0.432 bits per heavy atom. The number of hydrogen-bond acceptors (Lipinski definition) is 2. The van der Waals surface area contributed by atoms with Gasteiger partial charge in [-0.25, -0.2) is 0 Å². The molecule has 44 heavy (non-hydrogen) atoms. The van der Waals surface area contributed by atoms with Crippen LogP contribution in [0.4, 0.5) is 0 Å². The summed E-state index contributed by atoms with van der Waals surface area (Å²) < 4.78 is 12.1. The summed E-state index contributed by atoms with van der Waals surface area (Å²) in [5.74, 6) is 1.92. The molecule has 0 saturated heterocycles. The number of rotatable bonds is 24. The van der Waals surface area contributed by atoms with Gasteiger partial charge in [-0.15, -0.1) is 0 Å². The van der Waals surface area contributed by atoms with Crippen molar-refractivity contribution < 1.29 is 9.47 Å². The van der Waals surface area contributed by atoms with Crippen LogP contribution >= 0.6 is 31.9 Å². The van der Waals surface area contributed by atoms with Gasteiger partial charge in [0.15, 0.2) is 0 Å². The smallest absolute Gasteiger partial charge is 0.119 e. The van der Waals surface area contributed by atoms with Crippen LogP contribution in [0.2, 0.25) is 0 Å². The van der Waals surface area contributed by atoms with Crippen molar-refractivity contribution >= 4 is 31.9 Å². The molecule has 0 fully saturated rings. The summed E-state index contributed by atoms with van der Waals surface area (Å²) in [5, 5.41) is 1.60. The molecule has 4 heteroatoms. The maximum atomic E-state index is 6.06. The van der Waals surface area contributed by atoms with Crippen molar-refractivity contribution in [3.63, 3.8) is 0 Å². The van der Waals surface area contributed by atoms with Crippen molar-refractivity contribution in [3.05, 3.63) is 71.8 Å². The molecule has 0 aliphatic heterocycles. The van der Waals surface area contributed by atoms with Gasteiger partial charge in [0.2, 0.25) is 0 Å². The molecule has 0 saturated carbocycles.